The summed E-state index contributed by atoms with van der Waals surface area (Å²) in [6.45, 7) is 4.10. The molecule has 1 saturated heterocycles. The van der Waals surface area contributed by atoms with Crippen molar-refractivity contribution >= 4 is 12.4 Å². The summed E-state index contributed by atoms with van der Waals surface area (Å²) in [5.74, 6) is 2.09. The second-order valence-corrected chi connectivity index (χ2v) is 5.98. The average Bonchev–Trinajstić information content (AvgIpc) is 3.21. The van der Waals surface area contributed by atoms with Crippen molar-refractivity contribution in [2.24, 2.45) is 11.8 Å². The quantitative estimate of drug-likeness (QED) is 0.715. The van der Waals surface area contributed by atoms with Crippen LogP contribution in [0.5, 0.6) is 5.75 Å². The minimum Gasteiger partial charge on any atom is -0.493 e. The number of aliphatic hydroxyl groups excluding tert-OH is 1. The number of nitrogens with one attached hydrogen (secondary N) is 2. The molecule has 1 saturated carbocycles. The molecular formula is C16H25ClN2O2. The summed E-state index contributed by atoms with van der Waals surface area (Å²) in [5.41, 5.74) is 1.20. The van der Waals surface area contributed by atoms with E-state index in [0.717, 1.165) is 37.9 Å². The van der Waals surface area contributed by atoms with Gasteiger partial charge in [0.25, 0.3) is 0 Å². The maximum atomic E-state index is 9.77. The fourth-order valence-corrected chi connectivity index (χ4v) is 2.60. The Bertz CT molecular complexity index is 440. The van der Waals surface area contributed by atoms with Gasteiger partial charge in [-0.1, -0.05) is 18.2 Å². The van der Waals surface area contributed by atoms with Gasteiger partial charge in [0.15, 0.2) is 0 Å². The van der Waals surface area contributed by atoms with Gasteiger partial charge in [0, 0.05) is 37.7 Å². The van der Waals surface area contributed by atoms with Crippen LogP contribution in [-0.2, 0) is 6.54 Å². The highest BCUT2D eigenvalue weighted by atomic mass is 35.5. The number of β-amino-alcohol motifs (C(OH)–C–C–N with tert-alkyl or cyclic N) is 1. The lowest BCUT2D eigenvalue weighted by Crippen LogP contribution is -2.30. The first-order valence-electron chi connectivity index (χ1n) is 7.63. The summed E-state index contributed by atoms with van der Waals surface area (Å²) < 4.78 is 5.90. The Kier molecular flexibility index (Phi) is 6.30. The fraction of sp³-hybridized carbons (Fsp3) is 0.625. The second kappa shape index (κ2) is 7.99. The van der Waals surface area contributed by atoms with Gasteiger partial charge >= 0.3 is 0 Å². The molecule has 2 unspecified atom stereocenters. The third-order valence-corrected chi connectivity index (χ3v) is 4.17. The minimum absolute atomic E-state index is 0. The van der Waals surface area contributed by atoms with Gasteiger partial charge in [0.2, 0.25) is 0 Å². The van der Waals surface area contributed by atoms with Crippen LogP contribution in [0.2, 0.25) is 0 Å². The SMILES string of the molecule is Cl.OC1CNCC1CNCc1ccccc1OCC1CC1. The second-order valence-electron chi connectivity index (χ2n) is 5.98. The lowest BCUT2D eigenvalue weighted by molar-refractivity contribution is 0.146. The molecule has 0 bridgehead atoms. The lowest BCUT2D eigenvalue weighted by atomic mass is 10.1. The molecular weight excluding hydrogens is 288 g/mol. The summed E-state index contributed by atoms with van der Waals surface area (Å²) in [5, 5.41) is 16.4. The molecule has 1 aliphatic heterocycles. The molecule has 1 heterocycles. The monoisotopic (exact) mass is 312 g/mol. The molecule has 1 aromatic rings. The maximum Gasteiger partial charge on any atom is 0.123 e. The Balaban J connectivity index is 0.00000161. The van der Waals surface area contributed by atoms with E-state index < -0.39 is 0 Å². The molecule has 1 aromatic carbocycles. The van der Waals surface area contributed by atoms with Gasteiger partial charge in [0.1, 0.15) is 5.75 Å². The maximum absolute atomic E-state index is 9.77. The molecule has 2 aliphatic rings. The molecule has 2 atom stereocenters. The van der Waals surface area contributed by atoms with Crippen LogP contribution in [0.25, 0.3) is 0 Å². The lowest BCUT2D eigenvalue weighted by Gasteiger charge is -2.16. The summed E-state index contributed by atoms with van der Waals surface area (Å²) in [4.78, 5) is 0. The van der Waals surface area contributed by atoms with Gasteiger partial charge in [-0.15, -0.1) is 12.4 Å². The van der Waals surface area contributed by atoms with Crippen molar-refractivity contribution in [3.8, 4) is 5.75 Å². The highest BCUT2D eigenvalue weighted by molar-refractivity contribution is 5.85. The van der Waals surface area contributed by atoms with Crippen LogP contribution >= 0.6 is 12.4 Å². The summed E-state index contributed by atoms with van der Waals surface area (Å²) >= 11 is 0. The molecule has 21 heavy (non-hydrogen) atoms. The van der Waals surface area contributed by atoms with Crippen molar-refractivity contribution in [1.82, 2.24) is 10.6 Å². The summed E-state index contributed by atoms with van der Waals surface area (Å²) in [6, 6.07) is 8.23. The van der Waals surface area contributed by atoms with Crippen molar-refractivity contribution in [2.45, 2.75) is 25.5 Å². The van der Waals surface area contributed by atoms with Crippen molar-refractivity contribution in [1.29, 1.82) is 0 Å². The molecule has 4 nitrogen and oxygen atoms in total. The minimum atomic E-state index is -0.219. The zero-order chi connectivity index (χ0) is 13.8. The largest absolute Gasteiger partial charge is 0.493 e. The van der Waals surface area contributed by atoms with Crippen LogP contribution in [-0.4, -0.2) is 37.5 Å². The number of hydrogen-bond acceptors (Lipinski definition) is 4. The molecule has 118 valence electrons. The predicted octanol–water partition coefficient (Wildman–Crippen LogP) is 1.57. The number of para-hydroxylation sites is 1. The zero-order valence-electron chi connectivity index (χ0n) is 12.3. The van der Waals surface area contributed by atoms with Gasteiger partial charge in [0.05, 0.1) is 12.7 Å². The first kappa shape index (κ1) is 16.6. The number of hydrogen-bond donors (Lipinski definition) is 3. The average molecular weight is 313 g/mol. The van der Waals surface area contributed by atoms with Crippen LogP contribution in [0.4, 0.5) is 0 Å². The molecule has 3 N–H and O–H groups in total. The Morgan fingerprint density at radius 2 is 2.05 bits per heavy atom. The molecule has 0 aromatic heterocycles. The number of halogens is 1. The molecule has 0 amide bonds. The standard InChI is InChI=1S/C16H24N2O2.ClH/c19-15-10-18-9-14(15)8-17-7-13-3-1-2-4-16(13)20-11-12-5-6-12;/h1-4,12,14-15,17-19H,5-11H2;1H. The summed E-state index contributed by atoms with van der Waals surface area (Å²) in [7, 11) is 0. The Morgan fingerprint density at radius 1 is 1.24 bits per heavy atom. The number of rotatable bonds is 7. The first-order valence-corrected chi connectivity index (χ1v) is 7.63. The third kappa shape index (κ3) is 4.85. The van der Waals surface area contributed by atoms with E-state index in [2.05, 4.69) is 16.7 Å². The van der Waals surface area contributed by atoms with E-state index in [0.29, 0.717) is 12.5 Å². The third-order valence-electron chi connectivity index (χ3n) is 4.17. The molecule has 5 heteroatoms. The van der Waals surface area contributed by atoms with Crippen molar-refractivity contribution in [2.75, 3.05) is 26.2 Å². The van der Waals surface area contributed by atoms with Crippen molar-refractivity contribution < 1.29 is 9.84 Å². The van der Waals surface area contributed by atoms with Crippen molar-refractivity contribution in [3.63, 3.8) is 0 Å². The van der Waals surface area contributed by atoms with E-state index in [1.165, 1.54) is 18.4 Å². The Hall–Kier alpha value is -0.810. The Labute approximate surface area is 132 Å². The van der Waals surface area contributed by atoms with E-state index in [9.17, 15) is 5.11 Å². The highest BCUT2D eigenvalue weighted by Crippen LogP contribution is 2.30. The van der Waals surface area contributed by atoms with Crippen molar-refractivity contribution in [3.05, 3.63) is 29.8 Å². The molecule has 0 radical (unpaired) electrons. The van der Waals surface area contributed by atoms with Gasteiger partial charge in [-0.3, -0.25) is 0 Å². The zero-order valence-corrected chi connectivity index (χ0v) is 13.1. The molecule has 3 rings (SSSR count). The Morgan fingerprint density at radius 3 is 2.76 bits per heavy atom. The van der Waals surface area contributed by atoms with Crippen LogP contribution in [0.3, 0.4) is 0 Å². The van der Waals surface area contributed by atoms with Crippen LogP contribution in [0.1, 0.15) is 18.4 Å². The molecule has 1 aliphatic carbocycles. The van der Waals surface area contributed by atoms with Gasteiger partial charge in [-0.05, 0) is 24.8 Å². The van der Waals surface area contributed by atoms with Gasteiger partial charge < -0.3 is 20.5 Å². The van der Waals surface area contributed by atoms with Gasteiger partial charge in [-0.25, -0.2) is 0 Å². The summed E-state index contributed by atoms with van der Waals surface area (Å²) in [6.07, 6.45) is 2.41. The van der Waals surface area contributed by atoms with Crippen LogP contribution in [0.15, 0.2) is 24.3 Å². The van der Waals surface area contributed by atoms with E-state index >= 15 is 0 Å². The number of benzene rings is 1. The number of ether oxygens (including phenoxy) is 1. The van der Waals surface area contributed by atoms with Gasteiger partial charge in [-0.2, -0.15) is 0 Å². The van der Waals surface area contributed by atoms with Crippen LogP contribution < -0.4 is 15.4 Å². The van der Waals surface area contributed by atoms with Crippen LogP contribution in [0, 0.1) is 11.8 Å². The van der Waals surface area contributed by atoms with E-state index in [1.807, 2.05) is 18.2 Å². The topological polar surface area (TPSA) is 53.5 Å². The molecule has 2 fully saturated rings. The first-order chi connectivity index (χ1) is 9.83. The molecule has 0 spiro atoms. The van der Waals surface area contributed by atoms with E-state index in [4.69, 9.17) is 4.74 Å². The highest BCUT2D eigenvalue weighted by Gasteiger charge is 2.24. The number of aliphatic hydroxyl groups is 1. The predicted molar refractivity (Wildman–Crippen MR) is 86.0 cm³/mol. The van der Waals surface area contributed by atoms with E-state index in [-0.39, 0.29) is 18.5 Å². The normalized spacial score (nSPS) is 24.6. The smallest absolute Gasteiger partial charge is 0.123 e. The fourth-order valence-electron chi connectivity index (χ4n) is 2.60. The van der Waals surface area contributed by atoms with E-state index in [1.54, 1.807) is 0 Å².